The zero-order valence-electron chi connectivity index (χ0n) is 14.2. The maximum absolute atomic E-state index is 12.1. The van der Waals surface area contributed by atoms with Gasteiger partial charge in [-0.25, -0.2) is 0 Å². The number of nitrogens with zero attached hydrogens (tertiary/aromatic N) is 1. The van der Waals surface area contributed by atoms with Crippen LogP contribution in [0, 0.1) is 0 Å². The molecule has 26 heavy (non-hydrogen) atoms. The molecule has 2 amide bonds. The van der Waals surface area contributed by atoms with Crippen molar-refractivity contribution in [2.24, 2.45) is 0 Å². The lowest BCUT2D eigenvalue weighted by molar-refractivity contribution is -0.123. The zero-order valence-corrected chi connectivity index (χ0v) is 14.2. The molecule has 0 bridgehead atoms. The third-order valence-corrected chi connectivity index (χ3v) is 4.51. The minimum absolute atomic E-state index is 0.151. The average Bonchev–Trinajstić information content (AvgIpc) is 3.15. The summed E-state index contributed by atoms with van der Waals surface area (Å²) < 4.78 is 1.51. The van der Waals surface area contributed by atoms with Gasteiger partial charge in [-0.2, -0.15) is 0 Å². The van der Waals surface area contributed by atoms with Gasteiger partial charge in [-0.3, -0.25) is 24.3 Å². The molecule has 1 aromatic heterocycles. The standard InChI is InChI=1S/C21H16N2O3/c1-13(24)23-12-18(17-11-20(25)22-21(17)26)16-10-15(7-8-19(16)23)9-14-5-3-2-4-6-14/h2-8,10-12H,9H2,1H3,(H,22,25,26). The number of imide groups is 1. The number of nitrogens with one attached hydrogen (secondary N) is 1. The van der Waals surface area contributed by atoms with Gasteiger partial charge in [0.2, 0.25) is 5.91 Å². The Balaban J connectivity index is 1.86. The van der Waals surface area contributed by atoms with Gasteiger partial charge < -0.3 is 0 Å². The molecule has 0 radical (unpaired) electrons. The van der Waals surface area contributed by atoms with Crippen LogP contribution >= 0.6 is 0 Å². The molecule has 5 nitrogen and oxygen atoms in total. The van der Waals surface area contributed by atoms with E-state index in [0.717, 1.165) is 22.9 Å². The Hall–Kier alpha value is -3.47. The van der Waals surface area contributed by atoms with Gasteiger partial charge in [-0.15, -0.1) is 0 Å². The van der Waals surface area contributed by atoms with E-state index in [-0.39, 0.29) is 11.5 Å². The van der Waals surface area contributed by atoms with Gasteiger partial charge in [0.25, 0.3) is 11.8 Å². The zero-order chi connectivity index (χ0) is 18.3. The second-order valence-electron chi connectivity index (χ2n) is 6.32. The topological polar surface area (TPSA) is 68.2 Å². The van der Waals surface area contributed by atoms with E-state index in [1.54, 1.807) is 6.20 Å². The maximum atomic E-state index is 12.1. The van der Waals surface area contributed by atoms with Crippen LogP contribution in [0.2, 0.25) is 0 Å². The number of carbonyl (C=O) groups is 3. The lowest BCUT2D eigenvalue weighted by Gasteiger charge is -2.05. The molecule has 4 rings (SSSR count). The molecule has 3 aromatic rings. The summed E-state index contributed by atoms with van der Waals surface area (Å²) in [5, 5.41) is 3.04. The molecule has 1 aliphatic rings. The predicted molar refractivity (Wildman–Crippen MR) is 98.6 cm³/mol. The van der Waals surface area contributed by atoms with Crippen LogP contribution in [0.5, 0.6) is 0 Å². The van der Waals surface area contributed by atoms with Gasteiger partial charge in [-0.1, -0.05) is 36.4 Å². The number of hydrogen-bond donors (Lipinski definition) is 1. The highest BCUT2D eigenvalue weighted by Gasteiger charge is 2.26. The maximum Gasteiger partial charge on any atom is 0.258 e. The molecule has 128 valence electrons. The first-order valence-electron chi connectivity index (χ1n) is 8.29. The summed E-state index contributed by atoms with van der Waals surface area (Å²) in [6.45, 7) is 1.47. The van der Waals surface area contributed by atoms with E-state index in [2.05, 4.69) is 17.4 Å². The van der Waals surface area contributed by atoms with E-state index in [0.29, 0.717) is 5.56 Å². The van der Waals surface area contributed by atoms with Crippen LogP contribution in [0.4, 0.5) is 0 Å². The summed E-state index contributed by atoms with van der Waals surface area (Å²) >= 11 is 0. The van der Waals surface area contributed by atoms with Crippen molar-refractivity contribution in [1.82, 2.24) is 9.88 Å². The van der Waals surface area contributed by atoms with Gasteiger partial charge in [0.1, 0.15) is 0 Å². The van der Waals surface area contributed by atoms with Crippen molar-refractivity contribution < 1.29 is 14.4 Å². The third kappa shape index (κ3) is 2.73. The van der Waals surface area contributed by atoms with Crippen molar-refractivity contribution >= 4 is 34.2 Å². The fourth-order valence-electron chi connectivity index (χ4n) is 3.31. The van der Waals surface area contributed by atoms with Crippen LogP contribution in [0.3, 0.4) is 0 Å². The number of benzene rings is 2. The number of fused-ring (bicyclic) bond motifs is 1. The molecule has 1 N–H and O–H groups in total. The molecular formula is C21H16N2O3. The van der Waals surface area contributed by atoms with Gasteiger partial charge in [0.15, 0.2) is 0 Å². The smallest absolute Gasteiger partial charge is 0.258 e. The molecule has 2 aromatic carbocycles. The number of carbonyl (C=O) groups excluding carboxylic acids is 3. The molecule has 0 aliphatic carbocycles. The highest BCUT2D eigenvalue weighted by Crippen LogP contribution is 2.30. The Morgan fingerprint density at radius 2 is 1.81 bits per heavy atom. The van der Waals surface area contributed by atoms with E-state index < -0.39 is 11.8 Å². The minimum atomic E-state index is -0.439. The summed E-state index contributed by atoms with van der Waals surface area (Å²) in [5.41, 5.74) is 3.84. The van der Waals surface area contributed by atoms with E-state index in [4.69, 9.17) is 0 Å². The number of aromatic nitrogens is 1. The van der Waals surface area contributed by atoms with Gasteiger partial charge in [-0.05, 0) is 29.7 Å². The number of hydrogen-bond acceptors (Lipinski definition) is 3. The van der Waals surface area contributed by atoms with Crippen LogP contribution in [-0.2, 0) is 16.0 Å². The van der Waals surface area contributed by atoms with Crippen molar-refractivity contribution in [2.75, 3.05) is 0 Å². The highest BCUT2D eigenvalue weighted by atomic mass is 16.2. The minimum Gasteiger partial charge on any atom is -0.289 e. The summed E-state index contributed by atoms with van der Waals surface area (Å²) in [6.07, 6.45) is 3.65. The Labute approximate surface area is 149 Å². The Bertz CT molecular complexity index is 1090. The second-order valence-corrected chi connectivity index (χ2v) is 6.32. The lowest BCUT2D eigenvalue weighted by Crippen LogP contribution is -2.21. The molecule has 0 saturated heterocycles. The molecule has 0 fully saturated rings. The molecule has 5 heteroatoms. The third-order valence-electron chi connectivity index (χ3n) is 4.51. The summed E-state index contributed by atoms with van der Waals surface area (Å²) in [7, 11) is 0. The van der Waals surface area contributed by atoms with Crippen molar-refractivity contribution in [3.05, 3.63) is 77.5 Å². The van der Waals surface area contributed by atoms with Gasteiger partial charge in [0.05, 0.1) is 11.1 Å². The monoisotopic (exact) mass is 344 g/mol. The van der Waals surface area contributed by atoms with Crippen LogP contribution < -0.4 is 5.32 Å². The molecular weight excluding hydrogens is 328 g/mol. The van der Waals surface area contributed by atoms with E-state index in [9.17, 15) is 14.4 Å². The summed E-state index contributed by atoms with van der Waals surface area (Å²) in [5.74, 6) is -1.03. The van der Waals surface area contributed by atoms with Crippen molar-refractivity contribution in [3.8, 4) is 0 Å². The van der Waals surface area contributed by atoms with Gasteiger partial charge >= 0.3 is 0 Å². The SMILES string of the molecule is CC(=O)n1cc(C2=CC(=O)NC2=O)c2cc(Cc3ccccc3)ccc21. The number of amides is 2. The lowest BCUT2D eigenvalue weighted by atomic mass is 10.00. The molecule has 0 unspecified atom stereocenters. The van der Waals surface area contributed by atoms with E-state index in [1.165, 1.54) is 23.1 Å². The first-order chi connectivity index (χ1) is 12.5. The van der Waals surface area contributed by atoms with Crippen molar-refractivity contribution in [1.29, 1.82) is 0 Å². The number of rotatable bonds is 3. The average molecular weight is 344 g/mol. The summed E-state index contributed by atoms with van der Waals surface area (Å²) in [6, 6.07) is 15.9. The molecule has 0 atom stereocenters. The molecule has 0 saturated carbocycles. The first-order valence-corrected chi connectivity index (χ1v) is 8.29. The Kier molecular flexibility index (Phi) is 3.77. The largest absolute Gasteiger partial charge is 0.289 e. The van der Waals surface area contributed by atoms with Gasteiger partial charge in [0, 0.05) is 30.1 Å². The molecule has 0 spiro atoms. The fraction of sp³-hybridized carbons (Fsp3) is 0.0952. The predicted octanol–water partition coefficient (Wildman–Crippen LogP) is 2.93. The Morgan fingerprint density at radius 3 is 2.46 bits per heavy atom. The van der Waals surface area contributed by atoms with Crippen molar-refractivity contribution in [3.63, 3.8) is 0 Å². The van der Waals surface area contributed by atoms with E-state index in [1.807, 2.05) is 36.4 Å². The first kappa shape index (κ1) is 16.0. The van der Waals surface area contributed by atoms with Crippen LogP contribution in [-0.4, -0.2) is 22.3 Å². The molecule has 1 aliphatic heterocycles. The highest BCUT2D eigenvalue weighted by molar-refractivity contribution is 6.35. The van der Waals surface area contributed by atoms with Crippen molar-refractivity contribution in [2.45, 2.75) is 13.3 Å². The molecule has 2 heterocycles. The summed E-state index contributed by atoms with van der Waals surface area (Å²) in [4.78, 5) is 35.6. The van der Waals surface area contributed by atoms with Crippen LogP contribution in [0.15, 0.2) is 60.8 Å². The second kappa shape index (κ2) is 6.11. The Morgan fingerprint density at radius 1 is 1.04 bits per heavy atom. The normalized spacial score (nSPS) is 13.8. The van der Waals surface area contributed by atoms with E-state index >= 15 is 0 Å². The van der Waals surface area contributed by atoms with Crippen LogP contribution in [0.25, 0.3) is 16.5 Å². The van der Waals surface area contributed by atoms with Crippen LogP contribution in [0.1, 0.15) is 28.4 Å². The quantitative estimate of drug-likeness (QED) is 0.743. The fourth-order valence-corrected chi connectivity index (χ4v) is 3.31.